The van der Waals surface area contributed by atoms with E-state index in [2.05, 4.69) is 4.98 Å². The summed E-state index contributed by atoms with van der Waals surface area (Å²) < 4.78 is 11.3. The lowest BCUT2D eigenvalue weighted by Gasteiger charge is -2.26. The van der Waals surface area contributed by atoms with Gasteiger partial charge >= 0.3 is 12.1 Å². The molecule has 0 spiro atoms. The van der Waals surface area contributed by atoms with E-state index in [1.165, 1.54) is 4.90 Å². The first-order valence-corrected chi connectivity index (χ1v) is 8.95. The molecule has 0 radical (unpaired) electrons. The molecule has 1 aliphatic heterocycles. The van der Waals surface area contributed by atoms with Crippen LogP contribution in [0, 0.1) is 0 Å². The molecular formula is C19H21ClN2O5. The number of rotatable bonds is 3. The highest BCUT2D eigenvalue weighted by Crippen LogP contribution is 2.30. The number of ether oxygens (including phenoxy) is 2. The van der Waals surface area contributed by atoms with Crippen LogP contribution >= 0.6 is 11.6 Å². The van der Waals surface area contributed by atoms with Crippen molar-refractivity contribution >= 4 is 34.4 Å². The third-order valence-electron chi connectivity index (χ3n) is 4.15. The van der Waals surface area contributed by atoms with Crippen LogP contribution < -0.4 is 4.74 Å². The maximum atomic E-state index is 12.4. The normalized spacial score (nSPS) is 19.9. The van der Waals surface area contributed by atoms with Gasteiger partial charge in [0.25, 0.3) is 0 Å². The third-order valence-corrected chi connectivity index (χ3v) is 4.38. The fraction of sp³-hybridized carbons (Fsp3) is 0.421. The molecule has 2 aromatic rings. The molecule has 0 bridgehead atoms. The van der Waals surface area contributed by atoms with Crippen molar-refractivity contribution in [3.05, 3.63) is 35.5 Å². The van der Waals surface area contributed by atoms with E-state index in [-0.39, 0.29) is 13.0 Å². The van der Waals surface area contributed by atoms with Gasteiger partial charge in [0.1, 0.15) is 17.7 Å². The second-order valence-corrected chi connectivity index (χ2v) is 7.88. The molecule has 0 aliphatic carbocycles. The molecule has 27 heavy (non-hydrogen) atoms. The number of nitrogens with zero attached hydrogens (tertiary/aromatic N) is 2. The lowest BCUT2D eigenvalue weighted by atomic mass is 10.1. The number of pyridine rings is 1. The molecule has 1 aliphatic rings. The van der Waals surface area contributed by atoms with Crippen LogP contribution in [0.2, 0.25) is 5.02 Å². The van der Waals surface area contributed by atoms with E-state index in [4.69, 9.17) is 21.1 Å². The summed E-state index contributed by atoms with van der Waals surface area (Å²) >= 11 is 6.07. The molecule has 2 atom stereocenters. The summed E-state index contributed by atoms with van der Waals surface area (Å²) in [5.74, 6) is -0.740. The number of carbonyl (C=O) groups excluding carboxylic acids is 1. The van der Waals surface area contributed by atoms with Crippen molar-refractivity contribution in [2.75, 3.05) is 6.54 Å². The molecule has 1 aromatic carbocycles. The molecule has 0 saturated carbocycles. The Hall–Kier alpha value is -2.54. The highest BCUT2D eigenvalue weighted by atomic mass is 35.5. The average Bonchev–Trinajstić information content (AvgIpc) is 2.98. The number of halogens is 1. The zero-order valence-corrected chi connectivity index (χ0v) is 16.1. The summed E-state index contributed by atoms with van der Waals surface area (Å²) in [7, 11) is 0. The van der Waals surface area contributed by atoms with E-state index in [1.807, 2.05) is 12.1 Å². The molecule has 144 valence electrons. The first-order chi connectivity index (χ1) is 12.6. The Morgan fingerprint density at radius 1 is 1.30 bits per heavy atom. The monoisotopic (exact) mass is 392 g/mol. The van der Waals surface area contributed by atoms with Gasteiger partial charge in [-0.05, 0) is 44.4 Å². The standard InChI is InChI=1S/C19H21ClN2O5/c1-19(2,3)27-18(25)22-10-13(9-15(22)17(23)24)26-16-14-8-12(20)5-4-11(14)6-7-21-16/h4-8,13,15H,9-10H2,1-3H3,(H,23,24)/t13-,15+/m1/s1. The molecule has 2 heterocycles. The van der Waals surface area contributed by atoms with Crippen LogP contribution in [0.1, 0.15) is 27.2 Å². The van der Waals surface area contributed by atoms with Crippen molar-refractivity contribution < 1.29 is 24.2 Å². The maximum Gasteiger partial charge on any atom is 0.411 e. The van der Waals surface area contributed by atoms with E-state index in [9.17, 15) is 14.7 Å². The maximum absolute atomic E-state index is 12.4. The highest BCUT2D eigenvalue weighted by Gasteiger charge is 2.42. The minimum Gasteiger partial charge on any atom is -0.480 e. The van der Waals surface area contributed by atoms with Gasteiger partial charge in [0, 0.05) is 23.0 Å². The quantitative estimate of drug-likeness (QED) is 0.856. The van der Waals surface area contributed by atoms with Crippen molar-refractivity contribution in [2.45, 2.75) is 44.9 Å². The molecule has 0 unspecified atom stereocenters. The summed E-state index contributed by atoms with van der Waals surface area (Å²) in [4.78, 5) is 29.4. The average molecular weight is 393 g/mol. The van der Waals surface area contributed by atoms with E-state index < -0.39 is 29.8 Å². The van der Waals surface area contributed by atoms with E-state index in [1.54, 1.807) is 39.1 Å². The zero-order chi connectivity index (χ0) is 19.8. The minimum atomic E-state index is -1.10. The number of aromatic nitrogens is 1. The van der Waals surface area contributed by atoms with Crippen LogP contribution in [-0.4, -0.2) is 51.3 Å². The SMILES string of the molecule is CC(C)(C)OC(=O)N1C[C@H](Oc2nccc3ccc(Cl)cc23)C[C@H]1C(=O)O. The number of amides is 1. The van der Waals surface area contributed by atoms with Gasteiger partial charge in [-0.15, -0.1) is 0 Å². The summed E-state index contributed by atoms with van der Waals surface area (Å²) in [6.07, 6.45) is 0.569. The Balaban J connectivity index is 1.82. The molecule has 1 N–H and O–H groups in total. The number of aliphatic carboxylic acids is 1. The predicted octanol–water partition coefficient (Wildman–Crippen LogP) is 3.73. The van der Waals surface area contributed by atoms with E-state index in [0.29, 0.717) is 10.9 Å². The van der Waals surface area contributed by atoms with Crippen LogP contribution in [0.3, 0.4) is 0 Å². The fourth-order valence-corrected chi connectivity index (χ4v) is 3.18. The molecular weight excluding hydrogens is 372 g/mol. The van der Waals surface area contributed by atoms with Crippen LogP contribution in [0.4, 0.5) is 4.79 Å². The largest absolute Gasteiger partial charge is 0.480 e. The van der Waals surface area contributed by atoms with E-state index in [0.717, 1.165) is 10.8 Å². The molecule has 1 fully saturated rings. The number of likely N-dealkylation sites (tertiary alicyclic amines) is 1. The lowest BCUT2D eigenvalue weighted by molar-refractivity contribution is -0.142. The van der Waals surface area contributed by atoms with Crippen molar-refractivity contribution in [1.29, 1.82) is 0 Å². The van der Waals surface area contributed by atoms with Crippen LogP contribution in [0.25, 0.3) is 10.8 Å². The van der Waals surface area contributed by atoms with Crippen molar-refractivity contribution in [1.82, 2.24) is 9.88 Å². The van der Waals surface area contributed by atoms with Gasteiger partial charge in [0.05, 0.1) is 6.54 Å². The van der Waals surface area contributed by atoms with Gasteiger partial charge < -0.3 is 14.6 Å². The van der Waals surface area contributed by atoms with Gasteiger partial charge in [-0.1, -0.05) is 17.7 Å². The molecule has 3 rings (SSSR count). The summed E-state index contributed by atoms with van der Waals surface area (Å²) in [5.41, 5.74) is -0.715. The molecule has 8 heteroatoms. The fourth-order valence-electron chi connectivity index (χ4n) is 3.00. The zero-order valence-electron chi connectivity index (χ0n) is 15.3. The number of carbonyl (C=O) groups is 2. The van der Waals surface area contributed by atoms with Gasteiger partial charge in [0.15, 0.2) is 0 Å². The summed E-state index contributed by atoms with van der Waals surface area (Å²) in [6, 6.07) is 6.19. The van der Waals surface area contributed by atoms with Crippen LogP contribution in [0.15, 0.2) is 30.5 Å². The number of hydrogen-bond donors (Lipinski definition) is 1. The first-order valence-electron chi connectivity index (χ1n) is 8.57. The Morgan fingerprint density at radius 3 is 2.70 bits per heavy atom. The Bertz CT molecular complexity index is 880. The summed E-state index contributed by atoms with van der Waals surface area (Å²) in [6.45, 7) is 5.29. The minimum absolute atomic E-state index is 0.102. The topological polar surface area (TPSA) is 89.0 Å². The Labute approximate surface area is 161 Å². The molecule has 1 amide bonds. The van der Waals surface area contributed by atoms with Crippen molar-refractivity contribution in [3.63, 3.8) is 0 Å². The van der Waals surface area contributed by atoms with Crippen LogP contribution in [0.5, 0.6) is 5.88 Å². The Kier molecular flexibility index (Phi) is 5.15. The van der Waals surface area contributed by atoms with Gasteiger partial charge in [0.2, 0.25) is 5.88 Å². The van der Waals surface area contributed by atoms with Crippen molar-refractivity contribution in [3.8, 4) is 5.88 Å². The van der Waals surface area contributed by atoms with Gasteiger partial charge in [-0.25, -0.2) is 14.6 Å². The molecule has 1 saturated heterocycles. The van der Waals surface area contributed by atoms with Crippen LogP contribution in [-0.2, 0) is 9.53 Å². The summed E-state index contributed by atoms with van der Waals surface area (Å²) in [5, 5.41) is 11.7. The number of carboxylic acids is 1. The van der Waals surface area contributed by atoms with Gasteiger partial charge in [-0.2, -0.15) is 0 Å². The Morgan fingerprint density at radius 2 is 2.04 bits per heavy atom. The molecule has 7 nitrogen and oxygen atoms in total. The third kappa shape index (κ3) is 4.42. The number of carboxylic acid groups (broad SMARTS) is 1. The number of fused-ring (bicyclic) bond motifs is 1. The highest BCUT2D eigenvalue weighted by molar-refractivity contribution is 6.31. The number of hydrogen-bond acceptors (Lipinski definition) is 5. The van der Waals surface area contributed by atoms with E-state index >= 15 is 0 Å². The smallest absolute Gasteiger partial charge is 0.411 e. The second-order valence-electron chi connectivity index (χ2n) is 7.44. The molecule has 1 aromatic heterocycles. The predicted molar refractivity (Wildman–Crippen MR) is 100 cm³/mol. The first kappa shape index (κ1) is 19.2. The number of benzene rings is 1. The van der Waals surface area contributed by atoms with Crippen molar-refractivity contribution in [2.24, 2.45) is 0 Å². The van der Waals surface area contributed by atoms with Gasteiger partial charge in [-0.3, -0.25) is 4.90 Å². The second kappa shape index (κ2) is 7.23. The lowest BCUT2D eigenvalue weighted by Crippen LogP contribution is -2.43.